The fraction of sp³-hybridized carbons (Fsp3) is 0.214. The van der Waals surface area contributed by atoms with E-state index < -0.39 is 5.91 Å². The van der Waals surface area contributed by atoms with Gasteiger partial charge in [0, 0.05) is 49.0 Å². The summed E-state index contributed by atoms with van der Waals surface area (Å²) in [6.45, 7) is 4.62. The molecule has 2 amide bonds. The number of methoxy groups -OCH3 is 1. The Labute approximate surface area is 221 Å². The highest BCUT2D eigenvalue weighted by Crippen LogP contribution is 2.34. The minimum atomic E-state index is -0.447. The number of nitrogens with one attached hydrogen (secondary N) is 3. The van der Waals surface area contributed by atoms with Gasteiger partial charge in [-0.1, -0.05) is 24.8 Å². The lowest BCUT2D eigenvalue weighted by Crippen LogP contribution is -2.32. The average molecular weight is 514 g/mol. The molecule has 0 spiro atoms. The predicted octanol–water partition coefficient (Wildman–Crippen LogP) is 3.80. The number of carbonyl (C=O) groups is 2. The van der Waals surface area contributed by atoms with E-state index in [0.717, 1.165) is 28.2 Å². The number of aromatic nitrogens is 3. The summed E-state index contributed by atoms with van der Waals surface area (Å²) < 4.78 is 7.63. The van der Waals surface area contributed by atoms with Crippen LogP contribution in [0.3, 0.4) is 0 Å². The lowest BCUT2D eigenvalue weighted by atomic mass is 10.1. The van der Waals surface area contributed by atoms with Crippen molar-refractivity contribution in [1.29, 1.82) is 0 Å². The zero-order valence-corrected chi connectivity index (χ0v) is 21.9. The van der Waals surface area contributed by atoms with Crippen LogP contribution in [-0.2, 0) is 11.8 Å². The molecule has 0 saturated heterocycles. The molecule has 4 rings (SSSR count). The number of anilines is 3. The second-order valence-electron chi connectivity index (χ2n) is 8.91. The van der Waals surface area contributed by atoms with Gasteiger partial charge in [-0.05, 0) is 44.4 Å². The number of fused-ring (bicyclic) bond motifs is 1. The van der Waals surface area contributed by atoms with E-state index in [9.17, 15) is 9.59 Å². The molecule has 10 nitrogen and oxygen atoms in total. The monoisotopic (exact) mass is 513 g/mol. The predicted molar refractivity (Wildman–Crippen MR) is 150 cm³/mol. The number of benzene rings is 2. The molecule has 0 atom stereocenters. The Hall–Kier alpha value is -4.70. The van der Waals surface area contributed by atoms with Crippen LogP contribution in [0, 0.1) is 0 Å². The van der Waals surface area contributed by atoms with Crippen molar-refractivity contribution < 1.29 is 14.3 Å². The van der Waals surface area contributed by atoms with Crippen LogP contribution in [0.4, 0.5) is 17.3 Å². The molecular formula is C28H31N7O3. The zero-order valence-electron chi connectivity index (χ0n) is 21.9. The lowest BCUT2D eigenvalue weighted by molar-refractivity contribution is -0.111. The van der Waals surface area contributed by atoms with Gasteiger partial charge in [0.2, 0.25) is 11.9 Å². The second kappa shape index (κ2) is 11.6. The van der Waals surface area contributed by atoms with Gasteiger partial charge in [-0.3, -0.25) is 9.59 Å². The standard InChI is InChI=1S/C28H31N7O3/c1-6-26(36)31-22-16-23(25(38-5)15-19(22)27(37)29-13-14-34(2)3)33-28-30-12-11-21(32-28)20-17-35(4)24-10-8-7-9-18(20)24/h6-12,15-17H,1,13-14H2,2-5H3,(H,29,37)(H,31,36)(H,30,32,33). The van der Waals surface area contributed by atoms with Crippen LogP contribution in [0.5, 0.6) is 5.75 Å². The van der Waals surface area contributed by atoms with E-state index in [1.807, 2.05) is 50.4 Å². The summed E-state index contributed by atoms with van der Waals surface area (Å²) >= 11 is 0. The molecule has 2 aromatic carbocycles. The number of hydrogen-bond acceptors (Lipinski definition) is 7. The number of amides is 2. The SMILES string of the molecule is C=CC(=O)Nc1cc(Nc2nccc(-c3cn(C)c4ccccc34)n2)c(OC)cc1C(=O)NCCN(C)C. The van der Waals surface area contributed by atoms with Gasteiger partial charge in [0.05, 0.1) is 29.7 Å². The maximum absolute atomic E-state index is 13.0. The summed E-state index contributed by atoms with van der Waals surface area (Å²) in [7, 11) is 7.34. The van der Waals surface area contributed by atoms with E-state index in [-0.39, 0.29) is 11.5 Å². The van der Waals surface area contributed by atoms with Crippen molar-refractivity contribution in [2.24, 2.45) is 7.05 Å². The summed E-state index contributed by atoms with van der Waals surface area (Å²) in [6.07, 6.45) is 4.84. The first-order chi connectivity index (χ1) is 18.3. The molecule has 0 aliphatic heterocycles. The number of likely N-dealkylation sites (N-methyl/N-ethyl adjacent to an activating group) is 1. The van der Waals surface area contributed by atoms with Gasteiger partial charge in [0.1, 0.15) is 5.75 Å². The molecule has 0 unspecified atom stereocenters. The number of hydrogen-bond donors (Lipinski definition) is 3. The van der Waals surface area contributed by atoms with E-state index in [1.54, 1.807) is 18.3 Å². The lowest BCUT2D eigenvalue weighted by Gasteiger charge is -2.17. The fourth-order valence-corrected chi connectivity index (χ4v) is 4.04. The molecule has 0 aliphatic carbocycles. The molecular weight excluding hydrogens is 482 g/mol. The number of carbonyl (C=O) groups excluding carboxylic acids is 2. The first kappa shape index (κ1) is 26.4. The van der Waals surface area contributed by atoms with Gasteiger partial charge in [-0.25, -0.2) is 9.97 Å². The number of nitrogens with zero attached hydrogens (tertiary/aromatic N) is 4. The molecule has 4 aromatic rings. The maximum atomic E-state index is 13.0. The minimum absolute atomic E-state index is 0.256. The van der Waals surface area contributed by atoms with Gasteiger partial charge in [-0.15, -0.1) is 0 Å². The summed E-state index contributed by atoms with van der Waals surface area (Å²) in [6, 6.07) is 13.1. The second-order valence-corrected chi connectivity index (χ2v) is 8.91. The first-order valence-corrected chi connectivity index (χ1v) is 12.0. The quantitative estimate of drug-likeness (QED) is 0.277. The summed E-state index contributed by atoms with van der Waals surface area (Å²) in [4.78, 5) is 36.2. The molecule has 2 heterocycles. The van der Waals surface area contributed by atoms with Crippen molar-refractivity contribution in [3.05, 3.63) is 73.1 Å². The Bertz CT molecular complexity index is 1490. The Morgan fingerprint density at radius 1 is 1.16 bits per heavy atom. The van der Waals surface area contributed by atoms with E-state index in [1.165, 1.54) is 7.11 Å². The topological polar surface area (TPSA) is 113 Å². The normalized spacial score (nSPS) is 10.9. The van der Waals surface area contributed by atoms with Gasteiger partial charge in [0.15, 0.2) is 0 Å². The van der Waals surface area contributed by atoms with Crippen LogP contribution < -0.4 is 20.7 Å². The summed E-state index contributed by atoms with van der Waals surface area (Å²) in [5, 5.41) is 9.83. The maximum Gasteiger partial charge on any atom is 0.253 e. The van der Waals surface area contributed by atoms with Crippen LogP contribution in [0.15, 0.2) is 67.5 Å². The highest BCUT2D eigenvalue weighted by atomic mass is 16.5. The van der Waals surface area contributed by atoms with Crippen molar-refractivity contribution in [1.82, 2.24) is 24.8 Å². The van der Waals surface area contributed by atoms with E-state index >= 15 is 0 Å². The van der Waals surface area contributed by atoms with Crippen molar-refractivity contribution in [2.45, 2.75) is 0 Å². The van der Waals surface area contributed by atoms with Crippen molar-refractivity contribution >= 4 is 40.0 Å². The Morgan fingerprint density at radius 2 is 1.95 bits per heavy atom. The third-order valence-corrected chi connectivity index (χ3v) is 5.95. The molecule has 0 saturated carbocycles. The minimum Gasteiger partial charge on any atom is -0.495 e. The van der Waals surface area contributed by atoms with Gasteiger partial charge in [-0.2, -0.15) is 0 Å². The molecule has 0 fully saturated rings. The van der Waals surface area contributed by atoms with Crippen molar-refractivity contribution in [3.8, 4) is 17.0 Å². The highest BCUT2D eigenvalue weighted by Gasteiger charge is 2.19. The Balaban J connectivity index is 1.69. The van der Waals surface area contributed by atoms with E-state index in [0.29, 0.717) is 36.2 Å². The largest absolute Gasteiger partial charge is 0.495 e. The van der Waals surface area contributed by atoms with Gasteiger partial charge in [0.25, 0.3) is 5.91 Å². The van der Waals surface area contributed by atoms with Crippen LogP contribution >= 0.6 is 0 Å². The van der Waals surface area contributed by atoms with Crippen LogP contribution in [-0.4, -0.2) is 65.5 Å². The number of ether oxygens (including phenoxy) is 1. The summed E-state index contributed by atoms with van der Waals surface area (Å²) in [5.74, 6) is -0.0700. The van der Waals surface area contributed by atoms with E-state index in [2.05, 4.69) is 44.2 Å². The Kier molecular flexibility index (Phi) is 8.03. The third-order valence-electron chi connectivity index (χ3n) is 5.95. The smallest absolute Gasteiger partial charge is 0.253 e. The average Bonchev–Trinajstić information content (AvgIpc) is 3.25. The van der Waals surface area contributed by atoms with Crippen molar-refractivity contribution in [3.63, 3.8) is 0 Å². The molecule has 3 N–H and O–H groups in total. The van der Waals surface area contributed by atoms with Crippen LogP contribution in [0.2, 0.25) is 0 Å². The zero-order chi connectivity index (χ0) is 27.2. The molecule has 38 heavy (non-hydrogen) atoms. The van der Waals surface area contributed by atoms with Crippen molar-refractivity contribution in [2.75, 3.05) is 44.9 Å². The Morgan fingerprint density at radius 3 is 2.68 bits per heavy atom. The molecule has 0 aliphatic rings. The fourth-order valence-electron chi connectivity index (χ4n) is 4.04. The van der Waals surface area contributed by atoms with Gasteiger partial charge >= 0.3 is 0 Å². The van der Waals surface area contributed by atoms with Gasteiger partial charge < -0.3 is 30.2 Å². The molecule has 0 bridgehead atoms. The van der Waals surface area contributed by atoms with Crippen LogP contribution in [0.25, 0.3) is 22.2 Å². The van der Waals surface area contributed by atoms with Crippen LogP contribution in [0.1, 0.15) is 10.4 Å². The number of rotatable bonds is 10. The number of aryl methyl sites for hydroxylation is 1. The highest BCUT2D eigenvalue weighted by molar-refractivity contribution is 6.07. The third kappa shape index (κ3) is 5.81. The molecule has 0 radical (unpaired) electrons. The summed E-state index contributed by atoms with van der Waals surface area (Å²) in [5.41, 5.74) is 3.85. The number of para-hydroxylation sites is 1. The van der Waals surface area contributed by atoms with E-state index in [4.69, 9.17) is 9.72 Å². The molecule has 196 valence electrons. The first-order valence-electron chi connectivity index (χ1n) is 12.0. The molecule has 2 aromatic heterocycles. The molecule has 10 heteroatoms.